The maximum absolute atomic E-state index is 12.2. The number of Topliss-reactive ketones (excluding diaryl/α,β-unsaturated/α-hetero) is 1. The van der Waals surface area contributed by atoms with E-state index in [0.717, 1.165) is 0 Å². The van der Waals surface area contributed by atoms with Gasteiger partial charge >= 0.3 is 0 Å². The van der Waals surface area contributed by atoms with Gasteiger partial charge in [-0.25, -0.2) is 0 Å². The van der Waals surface area contributed by atoms with Crippen LogP contribution in [0.4, 0.5) is 0 Å². The van der Waals surface area contributed by atoms with Crippen LogP contribution < -0.4 is 4.74 Å². The number of ketones is 1. The zero-order valence-corrected chi connectivity index (χ0v) is 14.0. The van der Waals surface area contributed by atoms with E-state index in [4.69, 9.17) is 4.74 Å². The molecule has 0 radical (unpaired) electrons. The monoisotopic (exact) mass is 337 g/mol. The van der Waals surface area contributed by atoms with Gasteiger partial charge in [0.1, 0.15) is 5.75 Å². The van der Waals surface area contributed by atoms with Crippen molar-refractivity contribution >= 4 is 17.6 Å². The molecule has 2 aromatic rings. The van der Waals surface area contributed by atoms with E-state index >= 15 is 0 Å². The van der Waals surface area contributed by atoms with Gasteiger partial charge in [-0.1, -0.05) is 19.1 Å². The smallest absolute Gasteiger partial charge is 0.261 e. The highest BCUT2D eigenvalue weighted by Crippen LogP contribution is 2.22. The predicted octanol–water partition coefficient (Wildman–Crippen LogP) is 3.34. The van der Waals surface area contributed by atoms with Gasteiger partial charge in [-0.05, 0) is 42.8 Å². The van der Waals surface area contributed by atoms with Gasteiger partial charge in [-0.2, -0.15) is 0 Å². The molecule has 2 aromatic carbocycles. The standard InChI is InChI=1S/C20H19NO4/c1-2-18(22)14-8-10-15(11-9-14)25-13-5-12-21-19(23)16-6-3-4-7-17(16)20(21)24/h3-4,6-11H,2,5,12-13H2,1H3. The van der Waals surface area contributed by atoms with Crippen molar-refractivity contribution in [2.75, 3.05) is 13.2 Å². The van der Waals surface area contributed by atoms with E-state index in [9.17, 15) is 14.4 Å². The molecule has 2 amide bonds. The molecule has 0 aliphatic carbocycles. The summed E-state index contributed by atoms with van der Waals surface area (Å²) >= 11 is 0. The lowest BCUT2D eigenvalue weighted by atomic mass is 10.1. The lowest BCUT2D eigenvalue weighted by Crippen LogP contribution is -2.31. The Morgan fingerprint density at radius 2 is 1.56 bits per heavy atom. The zero-order chi connectivity index (χ0) is 17.8. The number of rotatable bonds is 7. The summed E-state index contributed by atoms with van der Waals surface area (Å²) in [4.78, 5) is 37.3. The van der Waals surface area contributed by atoms with Crippen LogP contribution in [0, 0.1) is 0 Å². The topological polar surface area (TPSA) is 63.7 Å². The first kappa shape index (κ1) is 16.9. The van der Waals surface area contributed by atoms with Crippen LogP contribution in [0.15, 0.2) is 48.5 Å². The molecule has 0 aromatic heterocycles. The Bertz CT molecular complexity index is 776. The van der Waals surface area contributed by atoms with Gasteiger partial charge in [-0.3, -0.25) is 19.3 Å². The van der Waals surface area contributed by atoms with Crippen LogP contribution in [-0.2, 0) is 0 Å². The number of hydrogen-bond acceptors (Lipinski definition) is 4. The first-order valence-electron chi connectivity index (χ1n) is 8.33. The van der Waals surface area contributed by atoms with Crippen LogP contribution in [0.2, 0.25) is 0 Å². The fourth-order valence-electron chi connectivity index (χ4n) is 2.80. The van der Waals surface area contributed by atoms with Crippen molar-refractivity contribution in [1.29, 1.82) is 0 Å². The molecule has 5 heteroatoms. The molecular weight excluding hydrogens is 318 g/mol. The van der Waals surface area contributed by atoms with E-state index in [1.54, 1.807) is 48.5 Å². The predicted molar refractivity (Wildman–Crippen MR) is 93.0 cm³/mol. The molecule has 0 N–H and O–H groups in total. The molecule has 3 rings (SSSR count). The van der Waals surface area contributed by atoms with Crippen molar-refractivity contribution in [3.63, 3.8) is 0 Å². The summed E-state index contributed by atoms with van der Waals surface area (Å²) in [5.41, 5.74) is 1.59. The summed E-state index contributed by atoms with van der Waals surface area (Å²) in [5.74, 6) is 0.262. The van der Waals surface area contributed by atoms with Crippen LogP contribution in [-0.4, -0.2) is 35.6 Å². The highest BCUT2D eigenvalue weighted by molar-refractivity contribution is 6.21. The Kier molecular flexibility index (Phi) is 4.93. The number of amides is 2. The minimum atomic E-state index is -0.247. The lowest BCUT2D eigenvalue weighted by Gasteiger charge is -2.14. The molecule has 1 heterocycles. The van der Waals surface area contributed by atoms with Crippen LogP contribution in [0.5, 0.6) is 5.75 Å². The number of nitrogens with zero attached hydrogens (tertiary/aromatic N) is 1. The molecule has 128 valence electrons. The SMILES string of the molecule is CCC(=O)c1ccc(OCCCN2C(=O)c3ccccc3C2=O)cc1. The van der Waals surface area contributed by atoms with E-state index in [0.29, 0.717) is 48.4 Å². The Hall–Kier alpha value is -2.95. The molecular formula is C20H19NO4. The third-order valence-electron chi connectivity index (χ3n) is 4.17. The molecule has 0 saturated heterocycles. The summed E-state index contributed by atoms with van der Waals surface area (Å²) in [6.45, 7) is 2.53. The normalized spacial score (nSPS) is 13.1. The number of imide groups is 1. The van der Waals surface area contributed by atoms with E-state index < -0.39 is 0 Å². The van der Waals surface area contributed by atoms with Crippen molar-refractivity contribution < 1.29 is 19.1 Å². The molecule has 0 fully saturated rings. The van der Waals surface area contributed by atoms with Crippen molar-refractivity contribution in [2.45, 2.75) is 19.8 Å². The molecule has 5 nitrogen and oxygen atoms in total. The summed E-state index contributed by atoms with van der Waals surface area (Å²) in [6.07, 6.45) is 1.02. The highest BCUT2D eigenvalue weighted by Gasteiger charge is 2.34. The minimum Gasteiger partial charge on any atom is -0.494 e. The van der Waals surface area contributed by atoms with Gasteiger partial charge in [0.15, 0.2) is 5.78 Å². The van der Waals surface area contributed by atoms with Crippen LogP contribution >= 0.6 is 0 Å². The quantitative estimate of drug-likeness (QED) is 0.441. The number of carbonyl (C=O) groups is 3. The van der Waals surface area contributed by atoms with Crippen LogP contribution in [0.3, 0.4) is 0 Å². The van der Waals surface area contributed by atoms with Gasteiger partial charge in [0.2, 0.25) is 0 Å². The average Bonchev–Trinajstić information content (AvgIpc) is 2.90. The molecule has 0 unspecified atom stereocenters. The fraction of sp³-hybridized carbons (Fsp3) is 0.250. The minimum absolute atomic E-state index is 0.0946. The number of benzene rings is 2. The summed E-state index contributed by atoms with van der Waals surface area (Å²) in [7, 11) is 0. The molecule has 0 bridgehead atoms. The van der Waals surface area contributed by atoms with E-state index in [1.165, 1.54) is 4.90 Å². The first-order chi connectivity index (χ1) is 12.1. The Labute approximate surface area is 146 Å². The van der Waals surface area contributed by atoms with Crippen molar-refractivity contribution in [3.05, 3.63) is 65.2 Å². The zero-order valence-electron chi connectivity index (χ0n) is 14.0. The summed E-state index contributed by atoms with van der Waals surface area (Å²) in [6, 6.07) is 13.8. The maximum atomic E-state index is 12.2. The van der Waals surface area contributed by atoms with Crippen molar-refractivity contribution in [1.82, 2.24) is 4.90 Å². The third kappa shape index (κ3) is 3.45. The second-order valence-electron chi connectivity index (χ2n) is 5.81. The molecule has 1 aliphatic heterocycles. The largest absolute Gasteiger partial charge is 0.494 e. The molecule has 0 saturated carbocycles. The highest BCUT2D eigenvalue weighted by atomic mass is 16.5. The van der Waals surface area contributed by atoms with E-state index in [2.05, 4.69) is 0 Å². The Balaban J connectivity index is 1.50. The Morgan fingerprint density at radius 3 is 2.12 bits per heavy atom. The average molecular weight is 337 g/mol. The number of carbonyl (C=O) groups excluding carboxylic acids is 3. The number of hydrogen-bond donors (Lipinski definition) is 0. The second kappa shape index (κ2) is 7.30. The van der Waals surface area contributed by atoms with Gasteiger partial charge in [0.25, 0.3) is 11.8 Å². The van der Waals surface area contributed by atoms with E-state index in [1.807, 2.05) is 6.92 Å². The molecule has 25 heavy (non-hydrogen) atoms. The van der Waals surface area contributed by atoms with Gasteiger partial charge in [0.05, 0.1) is 17.7 Å². The van der Waals surface area contributed by atoms with Crippen molar-refractivity contribution in [2.24, 2.45) is 0 Å². The number of ether oxygens (including phenoxy) is 1. The van der Waals surface area contributed by atoms with Gasteiger partial charge in [0, 0.05) is 18.5 Å². The Morgan fingerprint density at radius 1 is 0.960 bits per heavy atom. The second-order valence-corrected chi connectivity index (χ2v) is 5.81. The van der Waals surface area contributed by atoms with Crippen molar-refractivity contribution in [3.8, 4) is 5.75 Å². The maximum Gasteiger partial charge on any atom is 0.261 e. The molecule has 1 aliphatic rings. The summed E-state index contributed by atoms with van der Waals surface area (Å²) < 4.78 is 5.62. The first-order valence-corrected chi connectivity index (χ1v) is 8.33. The van der Waals surface area contributed by atoms with Crippen LogP contribution in [0.25, 0.3) is 0 Å². The summed E-state index contributed by atoms with van der Waals surface area (Å²) in [5, 5.41) is 0. The van der Waals surface area contributed by atoms with E-state index in [-0.39, 0.29) is 17.6 Å². The number of fused-ring (bicyclic) bond motifs is 1. The van der Waals surface area contributed by atoms with Gasteiger partial charge in [-0.15, -0.1) is 0 Å². The van der Waals surface area contributed by atoms with Crippen LogP contribution in [0.1, 0.15) is 50.8 Å². The third-order valence-corrected chi connectivity index (χ3v) is 4.17. The fourth-order valence-corrected chi connectivity index (χ4v) is 2.80. The molecule has 0 spiro atoms. The van der Waals surface area contributed by atoms with Gasteiger partial charge < -0.3 is 4.74 Å². The lowest BCUT2D eigenvalue weighted by molar-refractivity contribution is 0.0646. The molecule has 0 atom stereocenters.